The summed E-state index contributed by atoms with van der Waals surface area (Å²) in [5.41, 5.74) is 3.97. The van der Waals surface area contributed by atoms with Gasteiger partial charge in [0.05, 0.1) is 0 Å². The molecule has 0 saturated carbocycles. The standard InChI is InChI=1S/C15H18N4/c1-16-8-11-9-17-15(18-10-11)19-14-6-12-4-2-3-5-13(12)7-14/h2-5,9-10,14,16H,6-8H2,1H3,(H,17,18,19). The highest BCUT2D eigenvalue weighted by Gasteiger charge is 2.21. The fraction of sp³-hybridized carbons (Fsp3) is 0.333. The minimum absolute atomic E-state index is 0.410. The molecule has 0 unspecified atom stereocenters. The van der Waals surface area contributed by atoms with E-state index in [2.05, 4.69) is 44.9 Å². The lowest BCUT2D eigenvalue weighted by Gasteiger charge is -2.11. The fourth-order valence-corrected chi connectivity index (χ4v) is 2.57. The van der Waals surface area contributed by atoms with Gasteiger partial charge < -0.3 is 10.6 Å². The van der Waals surface area contributed by atoms with Crippen molar-refractivity contribution >= 4 is 5.95 Å². The molecule has 2 N–H and O–H groups in total. The highest BCUT2D eigenvalue weighted by molar-refractivity contribution is 5.38. The van der Waals surface area contributed by atoms with E-state index in [1.54, 1.807) is 0 Å². The van der Waals surface area contributed by atoms with Gasteiger partial charge in [0.15, 0.2) is 0 Å². The van der Waals surface area contributed by atoms with Gasteiger partial charge >= 0.3 is 0 Å². The Hall–Kier alpha value is -1.94. The molecule has 4 heteroatoms. The van der Waals surface area contributed by atoms with Gasteiger partial charge in [0.25, 0.3) is 0 Å². The van der Waals surface area contributed by atoms with Gasteiger partial charge in [0.1, 0.15) is 0 Å². The maximum atomic E-state index is 4.36. The van der Waals surface area contributed by atoms with Crippen molar-refractivity contribution in [2.75, 3.05) is 12.4 Å². The van der Waals surface area contributed by atoms with Crippen LogP contribution in [-0.2, 0) is 19.4 Å². The zero-order valence-corrected chi connectivity index (χ0v) is 11.1. The zero-order chi connectivity index (χ0) is 13.1. The average molecular weight is 254 g/mol. The minimum atomic E-state index is 0.410. The largest absolute Gasteiger partial charge is 0.351 e. The lowest BCUT2D eigenvalue weighted by Crippen LogP contribution is -2.21. The van der Waals surface area contributed by atoms with Crippen LogP contribution in [0.25, 0.3) is 0 Å². The van der Waals surface area contributed by atoms with Gasteiger partial charge in [-0.3, -0.25) is 0 Å². The van der Waals surface area contributed by atoms with Crippen LogP contribution in [0.4, 0.5) is 5.95 Å². The predicted molar refractivity (Wildman–Crippen MR) is 76.1 cm³/mol. The molecule has 1 aliphatic rings. The molecule has 0 fully saturated rings. The van der Waals surface area contributed by atoms with Gasteiger partial charge in [0.2, 0.25) is 5.95 Å². The molecule has 0 bridgehead atoms. The second kappa shape index (κ2) is 5.36. The van der Waals surface area contributed by atoms with E-state index in [9.17, 15) is 0 Å². The molecule has 0 saturated heterocycles. The van der Waals surface area contributed by atoms with Crippen LogP contribution in [0.3, 0.4) is 0 Å². The molecular weight excluding hydrogens is 236 g/mol. The quantitative estimate of drug-likeness (QED) is 0.873. The Morgan fingerprint density at radius 1 is 1.11 bits per heavy atom. The van der Waals surface area contributed by atoms with Crippen LogP contribution in [0.5, 0.6) is 0 Å². The Morgan fingerprint density at radius 2 is 1.74 bits per heavy atom. The average Bonchev–Trinajstić information content (AvgIpc) is 2.83. The number of aromatic nitrogens is 2. The number of anilines is 1. The Kier molecular flexibility index (Phi) is 3.42. The van der Waals surface area contributed by atoms with Gasteiger partial charge in [-0.1, -0.05) is 24.3 Å². The molecule has 0 spiro atoms. The van der Waals surface area contributed by atoms with E-state index >= 15 is 0 Å². The smallest absolute Gasteiger partial charge is 0.222 e. The molecule has 2 aromatic rings. The molecule has 0 amide bonds. The van der Waals surface area contributed by atoms with Crippen molar-refractivity contribution in [3.05, 3.63) is 53.3 Å². The molecule has 0 radical (unpaired) electrons. The van der Waals surface area contributed by atoms with Crippen LogP contribution < -0.4 is 10.6 Å². The van der Waals surface area contributed by atoms with Gasteiger partial charge in [0, 0.05) is 30.5 Å². The first-order valence-electron chi connectivity index (χ1n) is 6.64. The van der Waals surface area contributed by atoms with Crippen molar-refractivity contribution in [3.8, 4) is 0 Å². The number of rotatable bonds is 4. The third-order valence-corrected chi connectivity index (χ3v) is 3.47. The Bertz CT molecular complexity index is 525. The summed E-state index contributed by atoms with van der Waals surface area (Å²) in [6, 6.07) is 9.02. The summed E-state index contributed by atoms with van der Waals surface area (Å²) in [5, 5.41) is 6.50. The zero-order valence-electron chi connectivity index (χ0n) is 11.1. The summed E-state index contributed by atoms with van der Waals surface area (Å²) >= 11 is 0. The Balaban J connectivity index is 1.64. The fourth-order valence-electron chi connectivity index (χ4n) is 2.57. The minimum Gasteiger partial charge on any atom is -0.351 e. The predicted octanol–water partition coefficient (Wildman–Crippen LogP) is 1.78. The van der Waals surface area contributed by atoms with Gasteiger partial charge in [-0.05, 0) is 31.0 Å². The van der Waals surface area contributed by atoms with Gasteiger partial charge in [-0.2, -0.15) is 0 Å². The van der Waals surface area contributed by atoms with Crippen molar-refractivity contribution in [1.29, 1.82) is 0 Å². The molecule has 1 heterocycles. The topological polar surface area (TPSA) is 49.8 Å². The number of nitrogens with one attached hydrogen (secondary N) is 2. The molecule has 4 nitrogen and oxygen atoms in total. The lowest BCUT2D eigenvalue weighted by molar-refractivity contribution is 0.757. The van der Waals surface area contributed by atoms with E-state index in [1.165, 1.54) is 11.1 Å². The molecule has 0 aliphatic heterocycles. The van der Waals surface area contributed by atoms with Crippen LogP contribution in [0.1, 0.15) is 16.7 Å². The summed E-state index contributed by atoms with van der Waals surface area (Å²) in [4.78, 5) is 8.72. The van der Waals surface area contributed by atoms with E-state index < -0.39 is 0 Å². The first kappa shape index (κ1) is 12.1. The van der Waals surface area contributed by atoms with Crippen LogP contribution in [0.2, 0.25) is 0 Å². The first-order chi connectivity index (χ1) is 9.35. The lowest BCUT2D eigenvalue weighted by atomic mass is 10.1. The maximum absolute atomic E-state index is 4.36. The van der Waals surface area contributed by atoms with Crippen molar-refractivity contribution < 1.29 is 0 Å². The van der Waals surface area contributed by atoms with Crippen molar-refractivity contribution in [3.63, 3.8) is 0 Å². The van der Waals surface area contributed by atoms with Crippen LogP contribution in [0, 0.1) is 0 Å². The first-order valence-corrected chi connectivity index (χ1v) is 6.64. The molecule has 1 aromatic carbocycles. The van der Waals surface area contributed by atoms with Crippen molar-refractivity contribution in [2.24, 2.45) is 0 Å². The van der Waals surface area contributed by atoms with Crippen molar-refractivity contribution in [2.45, 2.75) is 25.4 Å². The Labute approximate surface area is 113 Å². The summed E-state index contributed by atoms with van der Waals surface area (Å²) in [5.74, 6) is 0.720. The molecule has 1 aliphatic carbocycles. The highest BCUT2D eigenvalue weighted by atomic mass is 15.1. The van der Waals surface area contributed by atoms with Crippen LogP contribution >= 0.6 is 0 Å². The monoisotopic (exact) mass is 254 g/mol. The normalized spacial score (nSPS) is 14.4. The summed E-state index contributed by atoms with van der Waals surface area (Å²) in [7, 11) is 1.92. The molecular formula is C15H18N4. The highest BCUT2D eigenvalue weighted by Crippen LogP contribution is 2.23. The van der Waals surface area contributed by atoms with E-state index in [0.29, 0.717) is 6.04 Å². The number of benzene rings is 1. The molecule has 0 atom stereocenters. The SMILES string of the molecule is CNCc1cnc(NC2Cc3ccccc3C2)nc1. The van der Waals surface area contributed by atoms with E-state index in [-0.39, 0.29) is 0 Å². The molecule has 19 heavy (non-hydrogen) atoms. The summed E-state index contributed by atoms with van der Waals surface area (Å²) < 4.78 is 0. The molecule has 1 aromatic heterocycles. The number of nitrogens with zero attached hydrogens (tertiary/aromatic N) is 2. The Morgan fingerprint density at radius 3 is 2.32 bits per heavy atom. The third-order valence-electron chi connectivity index (χ3n) is 3.47. The van der Waals surface area contributed by atoms with E-state index in [4.69, 9.17) is 0 Å². The van der Waals surface area contributed by atoms with Crippen LogP contribution in [-0.4, -0.2) is 23.1 Å². The summed E-state index contributed by atoms with van der Waals surface area (Å²) in [6.07, 6.45) is 5.84. The second-order valence-electron chi connectivity index (χ2n) is 4.96. The maximum Gasteiger partial charge on any atom is 0.222 e. The summed E-state index contributed by atoms with van der Waals surface area (Å²) in [6.45, 7) is 0.801. The van der Waals surface area contributed by atoms with E-state index in [0.717, 1.165) is 30.9 Å². The molecule has 3 rings (SSSR count). The van der Waals surface area contributed by atoms with E-state index in [1.807, 2.05) is 19.4 Å². The second-order valence-corrected chi connectivity index (χ2v) is 4.96. The number of hydrogen-bond donors (Lipinski definition) is 2. The van der Waals surface area contributed by atoms with Gasteiger partial charge in [-0.25, -0.2) is 9.97 Å². The number of fused-ring (bicyclic) bond motifs is 1. The number of hydrogen-bond acceptors (Lipinski definition) is 4. The van der Waals surface area contributed by atoms with Crippen molar-refractivity contribution in [1.82, 2.24) is 15.3 Å². The molecule has 98 valence electrons. The third kappa shape index (κ3) is 2.74. The van der Waals surface area contributed by atoms with Gasteiger partial charge in [-0.15, -0.1) is 0 Å². The van der Waals surface area contributed by atoms with Crippen LogP contribution in [0.15, 0.2) is 36.7 Å².